The van der Waals surface area contributed by atoms with Gasteiger partial charge in [0.1, 0.15) is 0 Å². The van der Waals surface area contributed by atoms with Crippen LogP contribution in [0.1, 0.15) is 0 Å². The minimum atomic E-state index is 1.28. The summed E-state index contributed by atoms with van der Waals surface area (Å²) in [6, 6.07) is 88.3. The summed E-state index contributed by atoms with van der Waals surface area (Å²) in [6.45, 7) is 0. The molecule has 0 saturated carbocycles. The van der Waals surface area contributed by atoms with Crippen molar-refractivity contribution in [3.63, 3.8) is 0 Å². The molecule has 0 aliphatic rings. The van der Waals surface area contributed by atoms with Crippen LogP contribution in [0.15, 0.2) is 255 Å². The van der Waals surface area contributed by atoms with Crippen molar-refractivity contribution >= 4 is 32.3 Å². The highest BCUT2D eigenvalue weighted by atomic mass is 14.1. The molecular formula is C54H42. The Morgan fingerprint density at radius 1 is 0.111 bits per heavy atom. The maximum absolute atomic E-state index is 2.21. The molecule has 0 spiro atoms. The average molecular weight is 691 g/mol. The van der Waals surface area contributed by atoms with Crippen molar-refractivity contribution in [1.82, 2.24) is 0 Å². The summed E-state index contributed by atoms with van der Waals surface area (Å²) in [5.74, 6) is 0. The lowest BCUT2D eigenvalue weighted by Gasteiger charge is -2.09. The van der Waals surface area contributed by atoms with Gasteiger partial charge in [-0.05, 0) is 65.7 Å². The largest absolute Gasteiger partial charge is 0.0622 e. The molecule has 0 saturated heterocycles. The van der Waals surface area contributed by atoms with Crippen LogP contribution in [0.3, 0.4) is 0 Å². The molecule has 0 fully saturated rings. The third kappa shape index (κ3) is 9.06. The van der Waals surface area contributed by atoms with Gasteiger partial charge in [-0.1, -0.05) is 255 Å². The van der Waals surface area contributed by atoms with E-state index in [1.165, 1.54) is 65.7 Å². The Hall–Kier alpha value is -7.02. The van der Waals surface area contributed by atoms with E-state index < -0.39 is 0 Å². The minimum Gasteiger partial charge on any atom is -0.0622 e. The van der Waals surface area contributed by atoms with Gasteiger partial charge in [0.15, 0.2) is 0 Å². The Morgan fingerprint density at radius 2 is 0.222 bits per heavy atom. The van der Waals surface area contributed by atoms with Gasteiger partial charge in [0, 0.05) is 0 Å². The van der Waals surface area contributed by atoms with E-state index in [0.717, 1.165) is 0 Å². The number of hydrogen-bond donors (Lipinski definition) is 0. The number of fused-ring (bicyclic) bond motifs is 6. The predicted octanol–water partition coefficient (Wildman–Crippen LogP) is 15.2. The number of rotatable bonds is 3. The summed E-state index contributed by atoms with van der Waals surface area (Å²) in [4.78, 5) is 0. The summed E-state index contributed by atoms with van der Waals surface area (Å²) >= 11 is 0. The summed E-state index contributed by atoms with van der Waals surface area (Å²) in [7, 11) is 0. The molecule has 0 heterocycles. The summed E-state index contributed by atoms with van der Waals surface area (Å²) in [5, 5.41) is 8.04. The summed E-state index contributed by atoms with van der Waals surface area (Å²) in [5.41, 5.74) is 7.66. The van der Waals surface area contributed by atoms with Crippen LogP contribution in [-0.4, -0.2) is 0 Å². The maximum Gasteiger partial charge on any atom is -0.00990 e. The van der Waals surface area contributed by atoms with Gasteiger partial charge in [0.25, 0.3) is 0 Å². The van der Waals surface area contributed by atoms with Gasteiger partial charge in [0.05, 0.1) is 0 Å². The molecule has 0 amide bonds. The molecular weight excluding hydrogens is 649 g/mol. The van der Waals surface area contributed by atoms with Crippen molar-refractivity contribution in [2.45, 2.75) is 0 Å². The van der Waals surface area contributed by atoms with E-state index in [-0.39, 0.29) is 0 Å². The molecule has 0 atom stereocenters. The van der Waals surface area contributed by atoms with E-state index in [9.17, 15) is 0 Å². The molecule has 0 aromatic heterocycles. The molecule has 0 radical (unpaired) electrons. The third-order valence-corrected chi connectivity index (χ3v) is 9.29. The Bertz CT molecular complexity index is 2090. The first-order valence-corrected chi connectivity index (χ1v) is 18.4. The standard InChI is InChI=1S/C18H12.3C12H10/c1-2-8-14-13(7-1)15-9-3-4-11-17(15)18-12-6-5-10-16(14)18;3*1-3-7-11(8-4-1)12-9-5-2-6-10-12/h1-12H;3*1-10H. The maximum atomic E-state index is 2.21. The van der Waals surface area contributed by atoms with Crippen molar-refractivity contribution in [2.24, 2.45) is 0 Å². The van der Waals surface area contributed by atoms with Crippen LogP contribution in [-0.2, 0) is 0 Å². The van der Waals surface area contributed by atoms with Crippen LogP contribution in [0.5, 0.6) is 0 Å². The second kappa shape index (κ2) is 18.5. The molecule has 0 N–H and O–H groups in total. The summed E-state index contributed by atoms with van der Waals surface area (Å²) < 4.78 is 0. The van der Waals surface area contributed by atoms with Gasteiger partial charge in [0.2, 0.25) is 0 Å². The first kappa shape index (κ1) is 35.4. The van der Waals surface area contributed by atoms with Gasteiger partial charge in [-0.25, -0.2) is 0 Å². The fourth-order valence-corrected chi connectivity index (χ4v) is 6.64. The van der Waals surface area contributed by atoms with Crippen LogP contribution in [0, 0.1) is 0 Å². The van der Waals surface area contributed by atoms with Crippen LogP contribution < -0.4 is 0 Å². The quantitative estimate of drug-likeness (QED) is 0.162. The van der Waals surface area contributed by atoms with E-state index in [1.807, 2.05) is 36.4 Å². The van der Waals surface area contributed by atoms with Crippen LogP contribution in [0.25, 0.3) is 65.7 Å². The molecule has 54 heavy (non-hydrogen) atoms. The molecule has 258 valence electrons. The fraction of sp³-hybridized carbons (Fsp3) is 0. The number of hydrogen-bond acceptors (Lipinski definition) is 0. The van der Waals surface area contributed by atoms with E-state index >= 15 is 0 Å². The smallest absolute Gasteiger partial charge is 0.00990 e. The Kier molecular flexibility index (Phi) is 12.1. The molecule has 10 aromatic carbocycles. The monoisotopic (exact) mass is 690 g/mol. The molecule has 0 unspecified atom stereocenters. The normalized spacial score (nSPS) is 10.2. The van der Waals surface area contributed by atoms with Gasteiger partial charge in [-0.15, -0.1) is 0 Å². The summed E-state index contributed by atoms with van der Waals surface area (Å²) in [6.07, 6.45) is 0. The first-order chi connectivity index (χ1) is 26.8. The lowest BCUT2D eigenvalue weighted by atomic mass is 9.95. The second-order valence-electron chi connectivity index (χ2n) is 12.8. The highest BCUT2D eigenvalue weighted by molar-refractivity contribution is 6.25. The van der Waals surface area contributed by atoms with Crippen molar-refractivity contribution < 1.29 is 0 Å². The molecule has 0 bridgehead atoms. The molecule has 0 aliphatic carbocycles. The minimum absolute atomic E-state index is 1.28. The van der Waals surface area contributed by atoms with Gasteiger partial charge < -0.3 is 0 Å². The van der Waals surface area contributed by atoms with Gasteiger partial charge in [-0.2, -0.15) is 0 Å². The lowest BCUT2D eigenvalue weighted by molar-refractivity contribution is 1.62. The predicted molar refractivity (Wildman–Crippen MR) is 235 cm³/mol. The van der Waals surface area contributed by atoms with Crippen molar-refractivity contribution in [2.75, 3.05) is 0 Å². The van der Waals surface area contributed by atoms with Gasteiger partial charge in [-0.3, -0.25) is 0 Å². The van der Waals surface area contributed by atoms with E-state index in [2.05, 4.69) is 218 Å². The third-order valence-electron chi connectivity index (χ3n) is 9.29. The second-order valence-corrected chi connectivity index (χ2v) is 12.8. The SMILES string of the molecule is c1ccc(-c2ccccc2)cc1.c1ccc(-c2ccccc2)cc1.c1ccc(-c2ccccc2)cc1.c1ccc2c(c1)c1ccccc1c1ccccc21. The van der Waals surface area contributed by atoms with E-state index in [4.69, 9.17) is 0 Å². The Morgan fingerprint density at radius 3 is 0.352 bits per heavy atom. The zero-order valence-corrected chi connectivity index (χ0v) is 30.2. The van der Waals surface area contributed by atoms with E-state index in [0.29, 0.717) is 0 Å². The van der Waals surface area contributed by atoms with Crippen LogP contribution >= 0.6 is 0 Å². The fourth-order valence-electron chi connectivity index (χ4n) is 6.64. The van der Waals surface area contributed by atoms with Crippen LogP contribution in [0.4, 0.5) is 0 Å². The zero-order valence-electron chi connectivity index (χ0n) is 30.2. The molecule has 10 rings (SSSR count). The van der Waals surface area contributed by atoms with Crippen molar-refractivity contribution in [1.29, 1.82) is 0 Å². The van der Waals surface area contributed by atoms with E-state index in [1.54, 1.807) is 0 Å². The molecule has 0 nitrogen and oxygen atoms in total. The van der Waals surface area contributed by atoms with Crippen molar-refractivity contribution in [3.8, 4) is 33.4 Å². The van der Waals surface area contributed by atoms with Crippen LogP contribution in [0.2, 0.25) is 0 Å². The zero-order chi connectivity index (χ0) is 36.6. The lowest BCUT2D eigenvalue weighted by Crippen LogP contribution is -1.81. The highest BCUT2D eigenvalue weighted by Crippen LogP contribution is 2.34. The Labute approximate surface area is 319 Å². The topological polar surface area (TPSA) is 0 Å². The highest BCUT2D eigenvalue weighted by Gasteiger charge is 2.06. The number of benzene rings is 10. The van der Waals surface area contributed by atoms with Gasteiger partial charge >= 0.3 is 0 Å². The Balaban J connectivity index is 0.000000113. The molecule has 0 aliphatic heterocycles. The van der Waals surface area contributed by atoms with Crippen molar-refractivity contribution in [3.05, 3.63) is 255 Å². The molecule has 0 heteroatoms. The molecule has 10 aromatic rings. The first-order valence-electron chi connectivity index (χ1n) is 18.4. The average Bonchev–Trinajstić information content (AvgIpc) is 3.29.